The predicted octanol–water partition coefficient (Wildman–Crippen LogP) is 6.97. The normalized spacial score (nSPS) is 13.0. The monoisotopic (exact) mass is 581 g/mol. The first-order valence-corrected chi connectivity index (χ1v) is 15.2. The average Bonchev–Trinajstić information content (AvgIpc) is 3.79. The number of H-pyrrole nitrogens is 2. The van der Waals surface area contributed by atoms with Crippen LogP contribution in [0.4, 0.5) is 0 Å². The maximum Gasteiger partial charge on any atom is 0.321 e. The highest BCUT2D eigenvalue weighted by atomic mass is 16.4. The molecule has 9 heteroatoms. The Morgan fingerprint density at radius 1 is 0.767 bits per heavy atom. The molecule has 3 aromatic rings. The van der Waals surface area contributed by atoms with Gasteiger partial charge in [0.05, 0.1) is 29.2 Å². The van der Waals surface area contributed by atoms with Gasteiger partial charge in [0.1, 0.15) is 6.04 Å². The van der Waals surface area contributed by atoms with E-state index in [4.69, 9.17) is 15.1 Å². The van der Waals surface area contributed by atoms with Crippen LogP contribution in [0.1, 0.15) is 92.2 Å². The van der Waals surface area contributed by atoms with Crippen molar-refractivity contribution in [1.29, 1.82) is 0 Å². The molecule has 9 nitrogen and oxygen atoms in total. The third-order valence-electron chi connectivity index (χ3n) is 7.85. The first-order chi connectivity index (χ1) is 20.9. The number of fused-ring (bicyclic) bond motifs is 8. The zero-order valence-electron chi connectivity index (χ0n) is 24.5. The minimum atomic E-state index is -1.24. The third kappa shape index (κ3) is 7.87. The van der Waals surface area contributed by atoms with E-state index in [1.54, 1.807) is 0 Å². The van der Waals surface area contributed by atoms with Crippen molar-refractivity contribution in [1.82, 2.24) is 25.3 Å². The van der Waals surface area contributed by atoms with Crippen molar-refractivity contribution >= 4 is 58.3 Å². The number of carbonyl (C=O) groups is 2. The molecule has 5 rings (SSSR count). The number of aromatic nitrogens is 4. The van der Waals surface area contributed by atoms with E-state index < -0.39 is 24.4 Å². The van der Waals surface area contributed by atoms with Crippen molar-refractivity contribution in [3.63, 3.8) is 0 Å². The second-order valence-corrected chi connectivity index (χ2v) is 11.2. The maximum atomic E-state index is 11.7. The molecule has 3 aromatic heterocycles. The molecule has 2 aliphatic rings. The van der Waals surface area contributed by atoms with Gasteiger partial charge in [-0.2, -0.15) is 0 Å². The van der Waals surface area contributed by atoms with Crippen LogP contribution in [0.3, 0.4) is 0 Å². The van der Waals surface area contributed by atoms with E-state index in [0.29, 0.717) is 17.0 Å². The summed E-state index contributed by atoms with van der Waals surface area (Å²) >= 11 is 0. The molecule has 0 saturated heterocycles. The fourth-order valence-corrected chi connectivity index (χ4v) is 5.55. The SMILES string of the molecule is CCCCCCCCCc1c2ccc(cc3nc(c(CNC(CC(=O)O)C(=O)O)c4nc(cc5ccc1[nH]5)C=C4)C=C3)[nH]2. The van der Waals surface area contributed by atoms with Crippen LogP contribution in [-0.2, 0) is 22.6 Å². The zero-order valence-corrected chi connectivity index (χ0v) is 24.5. The summed E-state index contributed by atoms with van der Waals surface area (Å²) in [5.41, 5.74) is 8.76. The molecule has 0 fully saturated rings. The average molecular weight is 582 g/mol. The first kappa shape index (κ1) is 30.0. The van der Waals surface area contributed by atoms with Gasteiger partial charge in [0, 0.05) is 34.2 Å². The van der Waals surface area contributed by atoms with E-state index in [1.807, 2.05) is 36.4 Å². The van der Waals surface area contributed by atoms with Gasteiger partial charge in [-0.15, -0.1) is 0 Å². The number of carboxylic acid groups (broad SMARTS) is 2. The van der Waals surface area contributed by atoms with Crippen molar-refractivity contribution in [3.05, 3.63) is 70.3 Å². The standard InChI is InChI=1S/C34H39N5O4/c1-2-3-4-5-6-7-8-9-26-28-14-10-22(36-28)18-24-12-16-30(38-24)27(21-35-32(34(42)43)20-33(40)41)31-17-13-25(39-31)19-23-11-15-29(26)37-23/h10-19,32,35-37H,2-9,20-21H2,1H3,(H,40,41)(H,42,43). The summed E-state index contributed by atoms with van der Waals surface area (Å²) < 4.78 is 0. The summed E-state index contributed by atoms with van der Waals surface area (Å²) in [4.78, 5) is 39.7. The Morgan fingerprint density at radius 3 is 1.86 bits per heavy atom. The van der Waals surface area contributed by atoms with E-state index in [1.165, 1.54) is 44.1 Å². The predicted molar refractivity (Wildman–Crippen MR) is 171 cm³/mol. The minimum absolute atomic E-state index is 0.0907. The summed E-state index contributed by atoms with van der Waals surface area (Å²) in [6.45, 7) is 2.34. The van der Waals surface area contributed by atoms with Crippen LogP contribution in [0.5, 0.6) is 0 Å². The fourth-order valence-electron chi connectivity index (χ4n) is 5.55. The molecule has 0 aliphatic carbocycles. The zero-order chi connectivity index (χ0) is 30.2. The summed E-state index contributed by atoms with van der Waals surface area (Å²) in [5.74, 6) is -2.41. The van der Waals surface area contributed by atoms with Gasteiger partial charge in [-0.25, -0.2) is 9.97 Å². The third-order valence-corrected chi connectivity index (χ3v) is 7.85. The summed E-state index contributed by atoms with van der Waals surface area (Å²) in [5, 5.41) is 21.6. The number of aryl methyl sites for hydroxylation is 1. The Balaban J connectivity index is 1.54. The summed E-state index contributed by atoms with van der Waals surface area (Å²) in [6.07, 6.45) is 16.8. The van der Waals surface area contributed by atoms with E-state index in [-0.39, 0.29) is 6.54 Å². The lowest BCUT2D eigenvalue weighted by atomic mass is 10.0. The number of nitrogens with one attached hydrogen (secondary N) is 3. The van der Waals surface area contributed by atoms with E-state index in [0.717, 1.165) is 46.3 Å². The summed E-state index contributed by atoms with van der Waals surface area (Å²) in [7, 11) is 0. The highest BCUT2D eigenvalue weighted by molar-refractivity contribution is 5.82. The lowest BCUT2D eigenvalue weighted by Gasteiger charge is -2.13. The number of aromatic amines is 2. The second-order valence-electron chi connectivity index (χ2n) is 11.2. The van der Waals surface area contributed by atoms with Crippen molar-refractivity contribution in [2.24, 2.45) is 0 Å². The van der Waals surface area contributed by atoms with Gasteiger partial charge < -0.3 is 20.2 Å². The Kier molecular flexibility index (Phi) is 9.84. The van der Waals surface area contributed by atoms with Gasteiger partial charge in [0.25, 0.3) is 0 Å². The van der Waals surface area contributed by atoms with Crippen LogP contribution in [0.2, 0.25) is 0 Å². The lowest BCUT2D eigenvalue weighted by Crippen LogP contribution is -2.38. The van der Waals surface area contributed by atoms with Crippen LogP contribution < -0.4 is 5.32 Å². The number of rotatable bonds is 14. The fraction of sp³-hybridized carbons (Fsp3) is 0.353. The van der Waals surface area contributed by atoms with Crippen LogP contribution in [0.15, 0.2) is 36.4 Å². The molecule has 1 unspecified atom stereocenters. The Bertz CT molecular complexity index is 1600. The quantitative estimate of drug-likeness (QED) is 0.0891. The van der Waals surface area contributed by atoms with Crippen molar-refractivity contribution in [2.75, 3.05) is 0 Å². The number of aliphatic carboxylic acids is 2. The largest absolute Gasteiger partial charge is 0.481 e. The molecule has 224 valence electrons. The second kappa shape index (κ2) is 14.1. The summed E-state index contributed by atoms with van der Waals surface area (Å²) in [6, 6.07) is 11.1. The van der Waals surface area contributed by atoms with E-state index >= 15 is 0 Å². The molecule has 5 heterocycles. The molecule has 2 aliphatic heterocycles. The Labute approximate surface area is 250 Å². The first-order valence-electron chi connectivity index (χ1n) is 15.2. The molecule has 0 radical (unpaired) electrons. The van der Waals surface area contributed by atoms with Crippen molar-refractivity contribution in [3.8, 4) is 0 Å². The Hall–Kier alpha value is -4.50. The molecular formula is C34H39N5O4. The van der Waals surface area contributed by atoms with Crippen LogP contribution >= 0.6 is 0 Å². The highest BCUT2D eigenvalue weighted by Gasteiger charge is 2.22. The number of hydrogen-bond acceptors (Lipinski definition) is 5. The number of unbranched alkanes of at least 4 members (excludes halogenated alkanes) is 6. The maximum absolute atomic E-state index is 11.7. The minimum Gasteiger partial charge on any atom is -0.481 e. The number of hydrogen-bond donors (Lipinski definition) is 5. The molecule has 8 bridgehead atoms. The van der Waals surface area contributed by atoms with Crippen molar-refractivity contribution in [2.45, 2.75) is 77.3 Å². The van der Waals surface area contributed by atoms with Crippen molar-refractivity contribution < 1.29 is 19.8 Å². The van der Waals surface area contributed by atoms with Gasteiger partial charge in [-0.05, 0) is 79.1 Å². The molecule has 1 atom stereocenters. The highest BCUT2D eigenvalue weighted by Crippen LogP contribution is 2.24. The van der Waals surface area contributed by atoms with E-state index in [2.05, 4.69) is 46.5 Å². The molecular weight excluding hydrogens is 542 g/mol. The van der Waals surface area contributed by atoms with Crippen LogP contribution in [-0.4, -0.2) is 48.1 Å². The van der Waals surface area contributed by atoms with E-state index in [9.17, 15) is 14.7 Å². The molecule has 0 aromatic carbocycles. The van der Waals surface area contributed by atoms with Crippen LogP contribution in [0, 0.1) is 0 Å². The molecule has 0 amide bonds. The van der Waals surface area contributed by atoms with Gasteiger partial charge in [-0.1, -0.05) is 45.4 Å². The van der Waals surface area contributed by atoms with Crippen LogP contribution in [0.25, 0.3) is 46.4 Å². The lowest BCUT2D eigenvalue weighted by molar-refractivity contribution is -0.146. The number of nitrogens with zero attached hydrogens (tertiary/aromatic N) is 2. The molecule has 43 heavy (non-hydrogen) atoms. The Morgan fingerprint density at radius 2 is 1.33 bits per heavy atom. The molecule has 0 saturated carbocycles. The van der Waals surface area contributed by atoms with Gasteiger partial charge >= 0.3 is 11.9 Å². The molecule has 5 N–H and O–H groups in total. The van der Waals surface area contributed by atoms with Gasteiger partial charge in [0.15, 0.2) is 0 Å². The van der Waals surface area contributed by atoms with Gasteiger partial charge in [-0.3, -0.25) is 14.9 Å². The smallest absolute Gasteiger partial charge is 0.321 e. The molecule has 0 spiro atoms. The topological polar surface area (TPSA) is 144 Å². The van der Waals surface area contributed by atoms with Gasteiger partial charge in [0.2, 0.25) is 0 Å². The number of carboxylic acids is 2.